The molecule has 5 heteroatoms. The zero-order valence-electron chi connectivity index (χ0n) is 8.81. The fourth-order valence-electron chi connectivity index (χ4n) is 1.36. The highest BCUT2D eigenvalue weighted by atomic mass is 79.9. The van der Waals surface area contributed by atoms with E-state index < -0.39 is 5.97 Å². The molecule has 88 valence electrons. The zero-order chi connectivity index (χ0) is 12.3. The molecular weight excluding hydrogens is 286 g/mol. The molecule has 1 aromatic heterocycles. The van der Waals surface area contributed by atoms with Gasteiger partial charge >= 0.3 is 5.97 Å². The number of rotatable bonds is 4. The van der Waals surface area contributed by atoms with Crippen molar-refractivity contribution in [2.45, 2.75) is 6.54 Å². The maximum atomic E-state index is 10.7. The van der Waals surface area contributed by atoms with Crippen molar-refractivity contribution in [2.24, 2.45) is 0 Å². The number of carbonyl (C=O) groups is 1. The van der Waals surface area contributed by atoms with E-state index >= 15 is 0 Å². The molecule has 0 aliphatic rings. The van der Waals surface area contributed by atoms with Gasteiger partial charge in [0.25, 0.3) is 0 Å². The first-order valence-electron chi connectivity index (χ1n) is 4.96. The van der Waals surface area contributed by atoms with Gasteiger partial charge in [-0.15, -0.1) is 0 Å². The Morgan fingerprint density at radius 1 is 1.29 bits per heavy atom. The molecule has 4 nitrogen and oxygen atoms in total. The van der Waals surface area contributed by atoms with E-state index in [4.69, 9.17) is 9.52 Å². The number of hydrogen-bond acceptors (Lipinski definition) is 3. The van der Waals surface area contributed by atoms with Gasteiger partial charge in [-0.1, -0.05) is 0 Å². The van der Waals surface area contributed by atoms with E-state index in [9.17, 15) is 4.79 Å². The molecule has 2 N–H and O–H groups in total. The van der Waals surface area contributed by atoms with Crippen molar-refractivity contribution < 1.29 is 14.3 Å². The second-order valence-corrected chi connectivity index (χ2v) is 4.28. The molecule has 0 unspecified atom stereocenters. The standard InChI is InChI=1S/C12H10BrNO3/c13-10-5-6-17-11(10)7-14-9-3-1-8(2-4-9)12(15)16/h1-6,14H,7H2,(H,15,16). The molecule has 1 heterocycles. The molecule has 0 spiro atoms. The number of aromatic carboxylic acids is 1. The molecule has 2 rings (SSSR count). The van der Waals surface area contributed by atoms with Gasteiger partial charge in [0.15, 0.2) is 0 Å². The summed E-state index contributed by atoms with van der Waals surface area (Å²) in [5.74, 6) is -0.127. The van der Waals surface area contributed by atoms with Crippen LogP contribution in [0, 0.1) is 0 Å². The van der Waals surface area contributed by atoms with Crippen LogP contribution in [0.15, 0.2) is 45.5 Å². The smallest absolute Gasteiger partial charge is 0.335 e. The molecule has 0 saturated carbocycles. The summed E-state index contributed by atoms with van der Waals surface area (Å²) in [6.45, 7) is 0.542. The monoisotopic (exact) mass is 295 g/mol. The minimum atomic E-state index is -0.926. The van der Waals surface area contributed by atoms with Gasteiger partial charge in [-0.2, -0.15) is 0 Å². The Morgan fingerprint density at radius 3 is 2.53 bits per heavy atom. The van der Waals surface area contributed by atoms with Crippen LogP contribution in [-0.4, -0.2) is 11.1 Å². The first-order valence-corrected chi connectivity index (χ1v) is 5.75. The van der Waals surface area contributed by atoms with E-state index in [1.165, 1.54) is 0 Å². The van der Waals surface area contributed by atoms with E-state index in [0.717, 1.165) is 15.9 Å². The SMILES string of the molecule is O=C(O)c1ccc(NCc2occc2Br)cc1. The number of carboxylic acid groups (broad SMARTS) is 1. The fraction of sp³-hybridized carbons (Fsp3) is 0.0833. The molecule has 0 radical (unpaired) electrons. The number of carboxylic acids is 1. The van der Waals surface area contributed by atoms with Crippen molar-refractivity contribution in [3.05, 3.63) is 52.4 Å². The zero-order valence-corrected chi connectivity index (χ0v) is 10.4. The number of benzene rings is 1. The van der Waals surface area contributed by atoms with Gasteiger partial charge in [0.1, 0.15) is 5.76 Å². The van der Waals surface area contributed by atoms with Gasteiger partial charge in [-0.25, -0.2) is 4.79 Å². The summed E-state index contributed by atoms with van der Waals surface area (Å²) >= 11 is 3.36. The van der Waals surface area contributed by atoms with Gasteiger partial charge in [-0.3, -0.25) is 0 Å². The number of anilines is 1. The van der Waals surface area contributed by atoms with Gasteiger partial charge in [0, 0.05) is 5.69 Å². The predicted octanol–water partition coefficient (Wildman–Crippen LogP) is 3.35. The van der Waals surface area contributed by atoms with Crippen molar-refractivity contribution in [3.63, 3.8) is 0 Å². The molecule has 0 atom stereocenters. The lowest BCUT2D eigenvalue weighted by molar-refractivity contribution is 0.0697. The van der Waals surface area contributed by atoms with E-state index in [-0.39, 0.29) is 5.56 Å². The van der Waals surface area contributed by atoms with E-state index in [1.807, 2.05) is 6.07 Å². The van der Waals surface area contributed by atoms with Gasteiger partial charge < -0.3 is 14.8 Å². The highest BCUT2D eigenvalue weighted by Crippen LogP contribution is 2.19. The summed E-state index contributed by atoms with van der Waals surface area (Å²) in [5, 5.41) is 11.9. The number of hydrogen-bond donors (Lipinski definition) is 2. The van der Waals surface area contributed by atoms with Crippen LogP contribution in [0.4, 0.5) is 5.69 Å². The normalized spacial score (nSPS) is 10.2. The van der Waals surface area contributed by atoms with E-state index in [1.54, 1.807) is 30.5 Å². The van der Waals surface area contributed by atoms with Crippen molar-refractivity contribution in [1.29, 1.82) is 0 Å². The lowest BCUT2D eigenvalue weighted by Gasteiger charge is -2.05. The second-order valence-electron chi connectivity index (χ2n) is 3.43. The average molecular weight is 296 g/mol. The summed E-state index contributed by atoms with van der Waals surface area (Å²) in [5.41, 5.74) is 1.12. The van der Waals surface area contributed by atoms with Crippen molar-refractivity contribution in [2.75, 3.05) is 5.32 Å². The van der Waals surface area contributed by atoms with Crippen LogP contribution >= 0.6 is 15.9 Å². The van der Waals surface area contributed by atoms with Crippen molar-refractivity contribution in [3.8, 4) is 0 Å². The highest BCUT2D eigenvalue weighted by Gasteiger charge is 2.04. The Hall–Kier alpha value is -1.75. The molecule has 0 saturated heterocycles. The Bertz CT molecular complexity index is 519. The minimum absolute atomic E-state index is 0.273. The molecule has 0 aliphatic carbocycles. The minimum Gasteiger partial charge on any atom is -0.478 e. The summed E-state index contributed by atoms with van der Waals surface area (Å²) in [6, 6.07) is 8.38. The number of furan rings is 1. The Balaban J connectivity index is 2.00. The van der Waals surface area contributed by atoms with E-state index in [0.29, 0.717) is 6.54 Å². The quantitative estimate of drug-likeness (QED) is 0.908. The fourth-order valence-corrected chi connectivity index (χ4v) is 1.71. The van der Waals surface area contributed by atoms with Crippen molar-refractivity contribution >= 4 is 27.6 Å². The average Bonchev–Trinajstić information content (AvgIpc) is 2.73. The topological polar surface area (TPSA) is 62.5 Å². The molecule has 0 fully saturated rings. The summed E-state index contributed by atoms with van der Waals surface area (Å²) in [7, 11) is 0. The molecule has 0 amide bonds. The van der Waals surface area contributed by atoms with Gasteiger partial charge in [-0.05, 0) is 46.3 Å². The lowest BCUT2D eigenvalue weighted by atomic mass is 10.2. The molecule has 0 aliphatic heterocycles. The van der Waals surface area contributed by atoms with Crippen LogP contribution in [0.2, 0.25) is 0 Å². The van der Waals surface area contributed by atoms with Crippen LogP contribution in [0.3, 0.4) is 0 Å². The van der Waals surface area contributed by atoms with Crippen molar-refractivity contribution in [1.82, 2.24) is 0 Å². The van der Waals surface area contributed by atoms with E-state index in [2.05, 4.69) is 21.2 Å². The summed E-state index contributed by atoms with van der Waals surface area (Å²) < 4.78 is 6.15. The van der Waals surface area contributed by atoms with Crippen LogP contribution in [0.1, 0.15) is 16.1 Å². The first-order chi connectivity index (χ1) is 8.16. The molecule has 17 heavy (non-hydrogen) atoms. The maximum absolute atomic E-state index is 10.7. The summed E-state index contributed by atoms with van der Waals surface area (Å²) in [4.78, 5) is 10.7. The Kier molecular flexibility index (Phi) is 3.49. The van der Waals surface area contributed by atoms with Crippen LogP contribution in [-0.2, 0) is 6.54 Å². The molecule has 0 bridgehead atoms. The van der Waals surface area contributed by atoms with Gasteiger partial charge in [0.05, 0.1) is 22.8 Å². The molecule has 2 aromatic rings. The number of halogens is 1. The van der Waals surface area contributed by atoms with Crippen LogP contribution in [0.5, 0.6) is 0 Å². The van der Waals surface area contributed by atoms with Crippen LogP contribution in [0.25, 0.3) is 0 Å². The Labute approximate surface area is 106 Å². The third-order valence-corrected chi connectivity index (χ3v) is 2.98. The second kappa shape index (κ2) is 5.05. The third-order valence-electron chi connectivity index (χ3n) is 2.28. The molecular formula is C12H10BrNO3. The third kappa shape index (κ3) is 2.88. The highest BCUT2D eigenvalue weighted by molar-refractivity contribution is 9.10. The first kappa shape index (κ1) is 11.7. The van der Waals surface area contributed by atoms with Gasteiger partial charge in [0.2, 0.25) is 0 Å². The van der Waals surface area contributed by atoms with Crippen LogP contribution < -0.4 is 5.32 Å². The largest absolute Gasteiger partial charge is 0.478 e. The lowest BCUT2D eigenvalue weighted by Crippen LogP contribution is -2.00. The maximum Gasteiger partial charge on any atom is 0.335 e. The molecule has 1 aromatic carbocycles. The number of nitrogens with one attached hydrogen (secondary N) is 1. The predicted molar refractivity (Wildman–Crippen MR) is 67.1 cm³/mol. The Morgan fingerprint density at radius 2 is 2.00 bits per heavy atom. The summed E-state index contributed by atoms with van der Waals surface area (Å²) in [6.07, 6.45) is 1.61.